The van der Waals surface area contributed by atoms with E-state index in [0.717, 1.165) is 24.1 Å². The van der Waals surface area contributed by atoms with Gasteiger partial charge in [-0.05, 0) is 44.0 Å². The lowest BCUT2D eigenvalue weighted by atomic mass is 10.2. The van der Waals surface area contributed by atoms with E-state index in [-0.39, 0.29) is 18.4 Å². The molecule has 0 unspecified atom stereocenters. The lowest BCUT2D eigenvalue weighted by Crippen LogP contribution is -2.29. The lowest BCUT2D eigenvalue weighted by Gasteiger charge is -2.09. The fraction of sp³-hybridized carbons (Fsp3) is 0.429. The number of nitrogens with one attached hydrogen (secondary N) is 2. The van der Waals surface area contributed by atoms with Crippen LogP contribution in [-0.4, -0.2) is 24.9 Å². The molecule has 1 aromatic rings. The van der Waals surface area contributed by atoms with E-state index >= 15 is 0 Å². The molecule has 2 amide bonds. The molecule has 6 heteroatoms. The highest BCUT2D eigenvalue weighted by molar-refractivity contribution is 6.31. The van der Waals surface area contributed by atoms with E-state index in [1.54, 1.807) is 12.1 Å². The van der Waals surface area contributed by atoms with Crippen LogP contribution in [0.3, 0.4) is 0 Å². The molecule has 110 valence electrons. The van der Waals surface area contributed by atoms with Crippen LogP contribution in [0.4, 0.5) is 5.69 Å². The fourth-order valence-corrected chi connectivity index (χ4v) is 1.85. The lowest BCUT2D eigenvalue weighted by molar-refractivity contribution is -0.118. The fourth-order valence-electron chi connectivity index (χ4n) is 1.67. The summed E-state index contributed by atoms with van der Waals surface area (Å²) in [6.45, 7) is 2.81. The predicted octanol–water partition coefficient (Wildman–Crippen LogP) is 1.83. The smallest absolute Gasteiger partial charge is 0.238 e. The van der Waals surface area contributed by atoms with Crippen LogP contribution >= 0.6 is 11.6 Å². The summed E-state index contributed by atoms with van der Waals surface area (Å²) in [5.41, 5.74) is 6.72. The topological polar surface area (TPSA) is 84.2 Å². The molecule has 1 aromatic carbocycles. The molecule has 5 nitrogen and oxygen atoms in total. The summed E-state index contributed by atoms with van der Waals surface area (Å²) >= 11 is 5.88. The maximum Gasteiger partial charge on any atom is 0.238 e. The van der Waals surface area contributed by atoms with Crippen LogP contribution in [0.25, 0.3) is 0 Å². The van der Waals surface area contributed by atoms with Crippen molar-refractivity contribution in [2.45, 2.75) is 26.2 Å². The van der Waals surface area contributed by atoms with Gasteiger partial charge in [0.15, 0.2) is 0 Å². The maximum absolute atomic E-state index is 11.7. The third kappa shape index (κ3) is 6.54. The van der Waals surface area contributed by atoms with Crippen LogP contribution in [0.2, 0.25) is 5.02 Å². The van der Waals surface area contributed by atoms with Crippen LogP contribution in [0.15, 0.2) is 18.2 Å². The number of anilines is 1. The van der Waals surface area contributed by atoms with E-state index in [2.05, 4.69) is 10.6 Å². The molecule has 0 aliphatic heterocycles. The van der Waals surface area contributed by atoms with Crippen molar-refractivity contribution >= 4 is 29.1 Å². The number of unbranched alkanes of at least 4 members (excludes halogenated alkanes) is 1. The Kier molecular flexibility index (Phi) is 7.04. The zero-order valence-electron chi connectivity index (χ0n) is 11.5. The molecule has 0 aromatic heterocycles. The van der Waals surface area contributed by atoms with Crippen molar-refractivity contribution in [2.75, 3.05) is 18.4 Å². The number of carbonyl (C=O) groups excluding carboxylic acids is 2. The van der Waals surface area contributed by atoms with Crippen molar-refractivity contribution in [3.8, 4) is 0 Å². The van der Waals surface area contributed by atoms with Crippen molar-refractivity contribution in [2.24, 2.45) is 5.73 Å². The maximum atomic E-state index is 11.7. The zero-order valence-corrected chi connectivity index (χ0v) is 12.3. The minimum Gasteiger partial charge on any atom is -0.370 e. The standard InChI is InChI=1S/C14H20ClN3O2/c1-10-5-6-11(15)8-12(10)18-14(20)9-17-7-3-2-4-13(16)19/h5-6,8,17H,2-4,7,9H2,1H3,(H2,16,19)(H,18,20). The molecule has 1 rings (SSSR count). The average molecular weight is 298 g/mol. The predicted molar refractivity (Wildman–Crippen MR) is 80.7 cm³/mol. The van der Waals surface area contributed by atoms with Gasteiger partial charge in [0.1, 0.15) is 0 Å². The largest absolute Gasteiger partial charge is 0.370 e. The molecule has 0 radical (unpaired) electrons. The summed E-state index contributed by atoms with van der Waals surface area (Å²) in [5.74, 6) is -0.413. The number of primary amides is 1. The van der Waals surface area contributed by atoms with Crippen LogP contribution in [0, 0.1) is 6.92 Å². The van der Waals surface area contributed by atoms with Gasteiger partial charge in [-0.3, -0.25) is 9.59 Å². The average Bonchev–Trinajstić information content (AvgIpc) is 2.37. The monoisotopic (exact) mass is 297 g/mol. The molecule has 4 N–H and O–H groups in total. The molecule has 0 saturated heterocycles. The number of carbonyl (C=O) groups is 2. The second-order valence-electron chi connectivity index (χ2n) is 4.61. The first-order valence-electron chi connectivity index (χ1n) is 6.54. The second kappa shape index (κ2) is 8.55. The van der Waals surface area contributed by atoms with Gasteiger partial charge >= 0.3 is 0 Å². The molecule has 0 aliphatic rings. The van der Waals surface area contributed by atoms with Gasteiger partial charge in [0, 0.05) is 17.1 Å². The third-order valence-electron chi connectivity index (χ3n) is 2.79. The summed E-state index contributed by atoms with van der Waals surface area (Å²) in [5, 5.41) is 6.40. The molecule has 0 atom stereocenters. The van der Waals surface area contributed by atoms with Gasteiger partial charge < -0.3 is 16.4 Å². The number of nitrogens with two attached hydrogens (primary N) is 1. The molecule has 0 saturated carbocycles. The Bertz CT molecular complexity index is 477. The van der Waals surface area contributed by atoms with Crippen molar-refractivity contribution in [1.29, 1.82) is 0 Å². The van der Waals surface area contributed by atoms with Gasteiger partial charge in [0.2, 0.25) is 11.8 Å². The Hall–Kier alpha value is -1.59. The molecule has 0 bridgehead atoms. The van der Waals surface area contributed by atoms with Gasteiger partial charge in [-0.2, -0.15) is 0 Å². The van der Waals surface area contributed by atoms with Crippen molar-refractivity contribution in [3.63, 3.8) is 0 Å². The van der Waals surface area contributed by atoms with E-state index in [4.69, 9.17) is 17.3 Å². The second-order valence-corrected chi connectivity index (χ2v) is 5.04. The molecule has 0 spiro atoms. The Morgan fingerprint density at radius 2 is 2.05 bits per heavy atom. The Balaban J connectivity index is 2.23. The summed E-state index contributed by atoms with van der Waals surface area (Å²) in [7, 11) is 0. The van der Waals surface area contributed by atoms with Crippen LogP contribution in [0.1, 0.15) is 24.8 Å². The van der Waals surface area contributed by atoms with E-state index in [9.17, 15) is 9.59 Å². The van der Waals surface area contributed by atoms with Crippen molar-refractivity contribution < 1.29 is 9.59 Å². The molecule has 0 heterocycles. The first-order valence-corrected chi connectivity index (χ1v) is 6.92. The van der Waals surface area contributed by atoms with Crippen molar-refractivity contribution in [3.05, 3.63) is 28.8 Å². The zero-order chi connectivity index (χ0) is 15.0. The van der Waals surface area contributed by atoms with Crippen LogP contribution in [0.5, 0.6) is 0 Å². The van der Waals surface area contributed by atoms with Crippen LogP contribution in [-0.2, 0) is 9.59 Å². The van der Waals surface area contributed by atoms with Gasteiger partial charge in [-0.1, -0.05) is 17.7 Å². The molecule has 20 heavy (non-hydrogen) atoms. The van der Waals surface area contributed by atoms with E-state index in [1.165, 1.54) is 0 Å². The first kappa shape index (κ1) is 16.5. The highest BCUT2D eigenvalue weighted by Gasteiger charge is 2.05. The normalized spacial score (nSPS) is 10.3. The number of amides is 2. The number of hydrogen-bond acceptors (Lipinski definition) is 3. The number of benzene rings is 1. The molecule has 0 aliphatic carbocycles. The summed E-state index contributed by atoms with van der Waals surface area (Å²) in [6.07, 6.45) is 1.93. The Labute approximate surface area is 123 Å². The minimum absolute atomic E-state index is 0.120. The molecular weight excluding hydrogens is 278 g/mol. The first-order chi connectivity index (χ1) is 9.49. The third-order valence-corrected chi connectivity index (χ3v) is 3.02. The molecule has 0 fully saturated rings. The highest BCUT2D eigenvalue weighted by atomic mass is 35.5. The van der Waals surface area contributed by atoms with Gasteiger partial charge in [-0.25, -0.2) is 0 Å². The molecular formula is C14H20ClN3O2. The Morgan fingerprint density at radius 3 is 2.75 bits per heavy atom. The van der Waals surface area contributed by atoms with Crippen molar-refractivity contribution in [1.82, 2.24) is 5.32 Å². The summed E-state index contributed by atoms with van der Waals surface area (Å²) < 4.78 is 0. The van der Waals surface area contributed by atoms with E-state index in [0.29, 0.717) is 18.0 Å². The van der Waals surface area contributed by atoms with Gasteiger partial charge in [0.25, 0.3) is 0 Å². The van der Waals surface area contributed by atoms with Crippen LogP contribution < -0.4 is 16.4 Å². The summed E-state index contributed by atoms with van der Waals surface area (Å²) in [4.78, 5) is 22.3. The number of hydrogen-bond donors (Lipinski definition) is 3. The highest BCUT2D eigenvalue weighted by Crippen LogP contribution is 2.19. The van der Waals surface area contributed by atoms with E-state index in [1.807, 2.05) is 13.0 Å². The van der Waals surface area contributed by atoms with Gasteiger partial charge in [-0.15, -0.1) is 0 Å². The minimum atomic E-state index is -0.292. The summed E-state index contributed by atoms with van der Waals surface area (Å²) in [6, 6.07) is 5.36. The SMILES string of the molecule is Cc1ccc(Cl)cc1NC(=O)CNCCCCC(N)=O. The van der Waals surface area contributed by atoms with E-state index < -0.39 is 0 Å². The van der Waals surface area contributed by atoms with Gasteiger partial charge in [0.05, 0.1) is 6.54 Å². The quantitative estimate of drug-likeness (QED) is 0.640. The Morgan fingerprint density at radius 1 is 1.30 bits per heavy atom. The number of halogens is 1. The number of rotatable bonds is 8. The number of aryl methyl sites for hydroxylation is 1.